The maximum absolute atomic E-state index is 6.11. The molecule has 0 amide bonds. The minimum Gasteiger partial charge on any atom is -0.396 e. The number of likely N-dealkylation sites (tertiary alicyclic amines) is 1. The number of para-hydroxylation sites is 1. The molecule has 0 atom stereocenters. The van der Waals surface area contributed by atoms with E-state index in [0.717, 1.165) is 34.7 Å². The van der Waals surface area contributed by atoms with E-state index in [1.165, 1.54) is 32.5 Å². The lowest BCUT2D eigenvalue weighted by atomic mass is 9.96. The van der Waals surface area contributed by atoms with Crippen molar-refractivity contribution < 1.29 is 0 Å². The van der Waals surface area contributed by atoms with Crippen LogP contribution in [0.5, 0.6) is 0 Å². The summed E-state index contributed by atoms with van der Waals surface area (Å²) in [4.78, 5) is 6.91. The van der Waals surface area contributed by atoms with Crippen LogP contribution in [0.4, 0.5) is 11.4 Å². The van der Waals surface area contributed by atoms with Crippen molar-refractivity contribution in [2.75, 3.05) is 37.2 Å². The molecule has 3 N–H and O–H groups in total. The number of piperidine rings is 1. The van der Waals surface area contributed by atoms with Crippen LogP contribution < -0.4 is 11.1 Å². The number of hydrogen-bond donors (Lipinski definition) is 2. The van der Waals surface area contributed by atoms with Crippen LogP contribution in [0.2, 0.25) is 0 Å². The quantitative estimate of drug-likeness (QED) is 0.906. The SMILES string of the molecule is CCN1CCC(CNc2c(N)cnc3ccccc23)CC1. The smallest absolute Gasteiger partial charge is 0.0743 e. The number of rotatable bonds is 4. The summed E-state index contributed by atoms with van der Waals surface area (Å²) >= 11 is 0. The standard InChI is InChI=1S/C17H24N4/c1-2-21-9-7-13(8-10-21)11-20-17-14-5-3-4-6-16(14)19-12-15(17)18/h3-6,12-13H,2,7-11,18H2,1H3,(H,19,20). The van der Waals surface area contributed by atoms with Crippen molar-refractivity contribution in [3.05, 3.63) is 30.5 Å². The fraction of sp³-hybridized carbons (Fsp3) is 0.471. The van der Waals surface area contributed by atoms with Crippen molar-refractivity contribution in [3.8, 4) is 0 Å². The predicted octanol–water partition coefficient (Wildman–Crippen LogP) is 2.96. The lowest BCUT2D eigenvalue weighted by Crippen LogP contribution is -2.35. The number of pyridine rings is 1. The molecule has 1 aromatic heterocycles. The van der Waals surface area contributed by atoms with E-state index in [1.54, 1.807) is 6.20 Å². The van der Waals surface area contributed by atoms with Crippen molar-refractivity contribution >= 4 is 22.3 Å². The molecule has 1 fully saturated rings. The lowest BCUT2D eigenvalue weighted by Gasteiger charge is -2.31. The Morgan fingerprint density at radius 3 is 2.81 bits per heavy atom. The summed E-state index contributed by atoms with van der Waals surface area (Å²) in [5, 5.41) is 4.69. The van der Waals surface area contributed by atoms with E-state index < -0.39 is 0 Å². The Hall–Kier alpha value is -1.81. The van der Waals surface area contributed by atoms with E-state index in [1.807, 2.05) is 18.2 Å². The minimum atomic E-state index is 0.735. The van der Waals surface area contributed by atoms with Gasteiger partial charge in [0.15, 0.2) is 0 Å². The Kier molecular flexibility index (Phi) is 4.25. The molecule has 21 heavy (non-hydrogen) atoms. The topological polar surface area (TPSA) is 54.2 Å². The van der Waals surface area contributed by atoms with Gasteiger partial charge in [-0.1, -0.05) is 25.1 Å². The number of fused-ring (bicyclic) bond motifs is 1. The highest BCUT2D eigenvalue weighted by Gasteiger charge is 2.18. The zero-order chi connectivity index (χ0) is 14.7. The molecule has 0 radical (unpaired) electrons. The van der Waals surface area contributed by atoms with Crippen LogP contribution in [-0.2, 0) is 0 Å². The number of nitrogens with one attached hydrogen (secondary N) is 1. The normalized spacial score (nSPS) is 17.2. The second-order valence-electron chi connectivity index (χ2n) is 5.86. The van der Waals surface area contributed by atoms with E-state index in [0.29, 0.717) is 0 Å². The molecule has 0 unspecified atom stereocenters. The van der Waals surface area contributed by atoms with Crippen LogP contribution in [0.3, 0.4) is 0 Å². The van der Waals surface area contributed by atoms with Gasteiger partial charge < -0.3 is 16.0 Å². The minimum absolute atomic E-state index is 0.735. The number of nitrogens with zero attached hydrogens (tertiary/aromatic N) is 2. The molecule has 3 rings (SSSR count). The van der Waals surface area contributed by atoms with Gasteiger partial charge in [-0.05, 0) is 44.5 Å². The van der Waals surface area contributed by atoms with Crippen LogP contribution >= 0.6 is 0 Å². The van der Waals surface area contributed by atoms with Gasteiger partial charge in [0.05, 0.1) is 23.1 Å². The summed E-state index contributed by atoms with van der Waals surface area (Å²) in [6, 6.07) is 8.16. The van der Waals surface area contributed by atoms with Gasteiger partial charge in [0, 0.05) is 11.9 Å². The first kappa shape index (κ1) is 14.1. The molecular formula is C17H24N4. The van der Waals surface area contributed by atoms with E-state index in [-0.39, 0.29) is 0 Å². The first-order valence-corrected chi connectivity index (χ1v) is 7.87. The average Bonchev–Trinajstić information content (AvgIpc) is 2.54. The van der Waals surface area contributed by atoms with Crippen molar-refractivity contribution in [2.24, 2.45) is 5.92 Å². The molecule has 4 heteroatoms. The molecule has 1 aliphatic rings. The van der Waals surface area contributed by atoms with Gasteiger partial charge in [0.2, 0.25) is 0 Å². The van der Waals surface area contributed by atoms with Gasteiger partial charge in [-0.2, -0.15) is 0 Å². The highest BCUT2D eigenvalue weighted by Crippen LogP contribution is 2.28. The molecule has 112 valence electrons. The average molecular weight is 284 g/mol. The molecule has 0 saturated carbocycles. The summed E-state index contributed by atoms with van der Waals surface area (Å²) in [5.41, 5.74) is 8.88. The molecule has 2 heterocycles. The summed E-state index contributed by atoms with van der Waals surface area (Å²) in [6.07, 6.45) is 4.29. The fourth-order valence-corrected chi connectivity index (χ4v) is 3.11. The molecule has 0 bridgehead atoms. The largest absolute Gasteiger partial charge is 0.396 e. The van der Waals surface area contributed by atoms with Crippen LogP contribution in [0, 0.1) is 5.92 Å². The highest BCUT2D eigenvalue weighted by molar-refractivity contribution is 5.96. The van der Waals surface area contributed by atoms with Crippen molar-refractivity contribution in [1.82, 2.24) is 9.88 Å². The van der Waals surface area contributed by atoms with E-state index >= 15 is 0 Å². The number of nitrogen functional groups attached to an aromatic ring is 1. The second-order valence-corrected chi connectivity index (χ2v) is 5.86. The van der Waals surface area contributed by atoms with Gasteiger partial charge in [-0.25, -0.2) is 0 Å². The fourth-order valence-electron chi connectivity index (χ4n) is 3.11. The first-order valence-electron chi connectivity index (χ1n) is 7.87. The molecule has 1 aromatic carbocycles. The third kappa shape index (κ3) is 3.10. The van der Waals surface area contributed by atoms with Crippen LogP contribution in [0.1, 0.15) is 19.8 Å². The van der Waals surface area contributed by atoms with Crippen LogP contribution in [-0.4, -0.2) is 36.1 Å². The Morgan fingerprint density at radius 2 is 2.05 bits per heavy atom. The van der Waals surface area contributed by atoms with Crippen molar-refractivity contribution in [3.63, 3.8) is 0 Å². The number of nitrogens with two attached hydrogens (primary N) is 1. The van der Waals surface area contributed by atoms with Crippen LogP contribution in [0.25, 0.3) is 10.9 Å². The Balaban J connectivity index is 1.69. The Bertz CT molecular complexity index is 603. The van der Waals surface area contributed by atoms with E-state index in [2.05, 4.69) is 28.2 Å². The van der Waals surface area contributed by atoms with Gasteiger partial charge in [0.25, 0.3) is 0 Å². The maximum atomic E-state index is 6.11. The number of anilines is 2. The number of aromatic nitrogens is 1. The third-order valence-electron chi connectivity index (χ3n) is 4.53. The van der Waals surface area contributed by atoms with Gasteiger partial charge in [-0.15, -0.1) is 0 Å². The molecule has 1 saturated heterocycles. The lowest BCUT2D eigenvalue weighted by molar-refractivity contribution is 0.198. The summed E-state index contributed by atoms with van der Waals surface area (Å²) in [7, 11) is 0. The number of benzene rings is 1. The van der Waals surface area contributed by atoms with Gasteiger partial charge >= 0.3 is 0 Å². The predicted molar refractivity (Wildman–Crippen MR) is 89.5 cm³/mol. The van der Waals surface area contributed by atoms with Crippen LogP contribution in [0.15, 0.2) is 30.5 Å². The first-order chi connectivity index (χ1) is 10.3. The molecule has 4 nitrogen and oxygen atoms in total. The van der Waals surface area contributed by atoms with E-state index in [9.17, 15) is 0 Å². The molecule has 0 aliphatic carbocycles. The highest BCUT2D eigenvalue weighted by atomic mass is 15.1. The zero-order valence-electron chi connectivity index (χ0n) is 12.7. The monoisotopic (exact) mass is 284 g/mol. The van der Waals surface area contributed by atoms with Crippen molar-refractivity contribution in [2.45, 2.75) is 19.8 Å². The molecular weight excluding hydrogens is 260 g/mol. The van der Waals surface area contributed by atoms with Gasteiger partial charge in [-0.3, -0.25) is 4.98 Å². The van der Waals surface area contributed by atoms with Crippen molar-refractivity contribution in [1.29, 1.82) is 0 Å². The zero-order valence-corrected chi connectivity index (χ0v) is 12.7. The third-order valence-corrected chi connectivity index (χ3v) is 4.53. The van der Waals surface area contributed by atoms with Gasteiger partial charge in [0.1, 0.15) is 0 Å². The molecule has 0 spiro atoms. The maximum Gasteiger partial charge on any atom is 0.0743 e. The molecule has 1 aliphatic heterocycles. The summed E-state index contributed by atoms with van der Waals surface area (Å²) in [6.45, 7) is 6.84. The Labute approximate surface area is 126 Å². The summed E-state index contributed by atoms with van der Waals surface area (Å²) in [5.74, 6) is 0.735. The second kappa shape index (κ2) is 6.31. The molecule has 2 aromatic rings. The summed E-state index contributed by atoms with van der Waals surface area (Å²) < 4.78 is 0. The number of hydrogen-bond acceptors (Lipinski definition) is 4. The Morgan fingerprint density at radius 1 is 1.29 bits per heavy atom. The van der Waals surface area contributed by atoms with E-state index in [4.69, 9.17) is 5.73 Å².